The fourth-order valence-corrected chi connectivity index (χ4v) is 2.95. The third-order valence-corrected chi connectivity index (χ3v) is 4.23. The van der Waals surface area contributed by atoms with E-state index in [0.29, 0.717) is 29.2 Å². The average Bonchev–Trinajstić information content (AvgIpc) is 2.88. The number of nitrogens with zero attached hydrogens (tertiary/aromatic N) is 1. The van der Waals surface area contributed by atoms with Crippen LogP contribution < -0.4 is 10.1 Å². The highest BCUT2D eigenvalue weighted by Crippen LogP contribution is 2.31. The van der Waals surface area contributed by atoms with Crippen molar-refractivity contribution in [2.24, 2.45) is 0 Å². The second-order valence-electron chi connectivity index (χ2n) is 6.21. The molecule has 2 aromatic carbocycles. The molecule has 3 rings (SSSR count). The molecule has 1 aliphatic rings. The molecule has 0 aromatic heterocycles. The third kappa shape index (κ3) is 3.77. The lowest BCUT2D eigenvalue weighted by Gasteiger charge is -2.13. The number of carbonyl (C=O) groups excluding carboxylic acids is 2. The molecule has 2 aromatic rings. The van der Waals surface area contributed by atoms with Crippen molar-refractivity contribution in [3.8, 4) is 5.75 Å². The van der Waals surface area contributed by atoms with Crippen LogP contribution in [0.5, 0.6) is 5.75 Å². The van der Waals surface area contributed by atoms with Crippen molar-refractivity contribution < 1.29 is 14.3 Å². The van der Waals surface area contributed by atoms with Crippen LogP contribution in [0, 0.1) is 6.92 Å². The molecule has 2 amide bonds. The minimum atomic E-state index is -0.364. The highest BCUT2D eigenvalue weighted by molar-refractivity contribution is 6.36. The van der Waals surface area contributed by atoms with Crippen molar-refractivity contribution in [2.45, 2.75) is 13.8 Å². The van der Waals surface area contributed by atoms with Gasteiger partial charge in [0.05, 0.1) is 12.2 Å². The van der Waals surface area contributed by atoms with Crippen LogP contribution in [-0.4, -0.2) is 29.9 Å². The first kappa shape index (κ1) is 18.5. The summed E-state index contributed by atoms with van der Waals surface area (Å²) in [6.45, 7) is 8.23. The molecular weight excluding hydrogens is 340 g/mol. The highest BCUT2D eigenvalue weighted by Gasteiger charge is 2.38. The summed E-state index contributed by atoms with van der Waals surface area (Å²) in [6, 6.07) is 14.9. The summed E-state index contributed by atoms with van der Waals surface area (Å²) in [5, 5.41) is 3.12. The molecule has 0 radical (unpaired) electrons. The normalized spacial score (nSPS) is 13.9. The van der Waals surface area contributed by atoms with E-state index in [1.807, 2.05) is 56.3 Å². The predicted octanol–water partition coefficient (Wildman–Crippen LogP) is 3.77. The van der Waals surface area contributed by atoms with Crippen molar-refractivity contribution in [1.29, 1.82) is 0 Å². The number of ether oxygens (including phenoxy) is 1. The van der Waals surface area contributed by atoms with Gasteiger partial charge in [-0.25, -0.2) is 0 Å². The van der Waals surface area contributed by atoms with Crippen LogP contribution in [0.1, 0.15) is 18.1 Å². The van der Waals surface area contributed by atoms with E-state index in [4.69, 9.17) is 4.74 Å². The number of hydrogen-bond donors (Lipinski definition) is 1. The highest BCUT2D eigenvalue weighted by atomic mass is 16.5. The summed E-state index contributed by atoms with van der Waals surface area (Å²) in [4.78, 5) is 27.0. The lowest BCUT2D eigenvalue weighted by molar-refractivity contribution is -0.136. The number of nitrogens with one attached hydrogen (secondary N) is 1. The number of anilines is 1. The van der Waals surface area contributed by atoms with E-state index in [1.54, 1.807) is 12.1 Å². The smallest absolute Gasteiger partial charge is 0.278 e. The summed E-state index contributed by atoms with van der Waals surface area (Å²) in [7, 11) is 0. The zero-order valence-electron chi connectivity index (χ0n) is 15.5. The van der Waals surface area contributed by atoms with Gasteiger partial charge in [0.25, 0.3) is 11.8 Å². The molecule has 138 valence electrons. The van der Waals surface area contributed by atoms with E-state index < -0.39 is 0 Å². The third-order valence-electron chi connectivity index (χ3n) is 4.23. The Kier molecular flexibility index (Phi) is 5.41. The number of rotatable bonds is 7. The largest absolute Gasteiger partial charge is 0.494 e. The van der Waals surface area contributed by atoms with Crippen LogP contribution in [-0.2, 0) is 9.59 Å². The molecular formula is C22H22N2O3. The molecule has 1 heterocycles. The zero-order chi connectivity index (χ0) is 19.4. The topological polar surface area (TPSA) is 58.6 Å². The van der Waals surface area contributed by atoms with Gasteiger partial charge in [-0.1, -0.05) is 42.0 Å². The lowest BCUT2D eigenvalue weighted by atomic mass is 10.0. The van der Waals surface area contributed by atoms with Crippen LogP contribution in [0.2, 0.25) is 0 Å². The lowest BCUT2D eigenvalue weighted by Crippen LogP contribution is -2.32. The molecule has 1 N–H and O–H groups in total. The molecule has 1 aliphatic heterocycles. The molecule has 27 heavy (non-hydrogen) atoms. The van der Waals surface area contributed by atoms with Gasteiger partial charge >= 0.3 is 0 Å². The van der Waals surface area contributed by atoms with Gasteiger partial charge in [0, 0.05) is 18.3 Å². The number of hydrogen-bond acceptors (Lipinski definition) is 4. The van der Waals surface area contributed by atoms with Crippen molar-refractivity contribution in [3.05, 3.63) is 78.0 Å². The Hall–Kier alpha value is -3.34. The summed E-state index contributed by atoms with van der Waals surface area (Å²) in [5.74, 6) is 0.00390. The second-order valence-corrected chi connectivity index (χ2v) is 6.21. The Morgan fingerprint density at radius 1 is 1.11 bits per heavy atom. The quantitative estimate of drug-likeness (QED) is 0.602. The van der Waals surface area contributed by atoms with Gasteiger partial charge in [-0.15, -0.1) is 6.58 Å². The average molecular weight is 362 g/mol. The predicted molar refractivity (Wildman–Crippen MR) is 106 cm³/mol. The maximum atomic E-state index is 12.9. The zero-order valence-corrected chi connectivity index (χ0v) is 15.5. The van der Waals surface area contributed by atoms with E-state index in [2.05, 4.69) is 11.9 Å². The minimum Gasteiger partial charge on any atom is -0.494 e. The number of carbonyl (C=O) groups is 2. The molecule has 0 saturated carbocycles. The van der Waals surface area contributed by atoms with Gasteiger partial charge in [0.1, 0.15) is 11.4 Å². The number of amides is 2. The van der Waals surface area contributed by atoms with Crippen molar-refractivity contribution in [2.75, 3.05) is 18.5 Å². The molecule has 0 unspecified atom stereocenters. The molecule has 0 atom stereocenters. The minimum absolute atomic E-state index is 0.164. The maximum Gasteiger partial charge on any atom is 0.278 e. The Bertz CT molecular complexity index is 913. The Labute approximate surface area is 158 Å². The van der Waals surface area contributed by atoms with Crippen LogP contribution in [0.15, 0.2) is 66.9 Å². The maximum absolute atomic E-state index is 12.9. The fraction of sp³-hybridized carbons (Fsp3) is 0.182. The van der Waals surface area contributed by atoms with E-state index >= 15 is 0 Å². The number of benzene rings is 2. The Morgan fingerprint density at radius 2 is 1.85 bits per heavy atom. The summed E-state index contributed by atoms with van der Waals surface area (Å²) in [6.07, 6.45) is 1.54. The molecule has 5 heteroatoms. The van der Waals surface area contributed by atoms with Crippen LogP contribution in [0.4, 0.5) is 5.69 Å². The number of imide groups is 1. The molecule has 0 bridgehead atoms. The Balaban J connectivity index is 2.04. The SMILES string of the molecule is C=CCN1C(=O)C(Nc2cccc(OCC)c2)=C(c2ccc(C)cc2)C1=O. The number of aryl methyl sites for hydroxylation is 1. The summed E-state index contributed by atoms with van der Waals surface area (Å²) >= 11 is 0. The first-order valence-corrected chi connectivity index (χ1v) is 8.83. The van der Waals surface area contributed by atoms with Gasteiger partial charge in [-0.05, 0) is 31.5 Å². The molecule has 5 nitrogen and oxygen atoms in total. The molecule has 0 aliphatic carbocycles. The van der Waals surface area contributed by atoms with Crippen LogP contribution >= 0.6 is 0 Å². The standard InChI is InChI=1S/C22H22N2O3/c1-4-13-24-21(25)19(16-11-9-15(3)10-12-16)20(22(24)26)23-17-7-6-8-18(14-17)27-5-2/h4,6-12,14,23H,1,5,13H2,2-3H3. The first-order valence-electron chi connectivity index (χ1n) is 8.83. The summed E-state index contributed by atoms with van der Waals surface area (Å²) in [5.41, 5.74) is 3.09. The van der Waals surface area contributed by atoms with Crippen molar-refractivity contribution in [1.82, 2.24) is 4.90 Å². The Morgan fingerprint density at radius 3 is 2.52 bits per heavy atom. The van der Waals surface area contributed by atoms with E-state index in [-0.39, 0.29) is 24.1 Å². The van der Waals surface area contributed by atoms with Gasteiger partial charge in [-0.3, -0.25) is 14.5 Å². The van der Waals surface area contributed by atoms with E-state index in [1.165, 1.54) is 4.90 Å². The monoisotopic (exact) mass is 362 g/mol. The molecule has 0 saturated heterocycles. The first-order chi connectivity index (χ1) is 13.0. The van der Waals surface area contributed by atoms with Crippen molar-refractivity contribution in [3.63, 3.8) is 0 Å². The fourth-order valence-electron chi connectivity index (χ4n) is 2.95. The van der Waals surface area contributed by atoms with Crippen LogP contribution in [0.25, 0.3) is 5.57 Å². The molecule has 0 spiro atoms. The second kappa shape index (κ2) is 7.91. The summed E-state index contributed by atoms with van der Waals surface area (Å²) < 4.78 is 5.51. The van der Waals surface area contributed by atoms with Crippen molar-refractivity contribution >= 4 is 23.1 Å². The van der Waals surface area contributed by atoms with Gasteiger partial charge < -0.3 is 10.1 Å². The molecule has 0 fully saturated rings. The van der Waals surface area contributed by atoms with Gasteiger partial charge in [0.15, 0.2) is 0 Å². The van der Waals surface area contributed by atoms with Gasteiger partial charge in [0.2, 0.25) is 0 Å². The van der Waals surface area contributed by atoms with Crippen LogP contribution in [0.3, 0.4) is 0 Å². The van der Waals surface area contributed by atoms with E-state index in [0.717, 1.165) is 5.56 Å². The van der Waals surface area contributed by atoms with Gasteiger partial charge in [-0.2, -0.15) is 0 Å². The van der Waals surface area contributed by atoms with E-state index in [9.17, 15) is 9.59 Å².